The summed E-state index contributed by atoms with van der Waals surface area (Å²) in [5.74, 6) is -1.34. The number of carboxylic acid groups (broad SMARTS) is 1. The number of aryl methyl sites for hydroxylation is 1. The molecule has 3 N–H and O–H groups in total. The smallest absolute Gasteiger partial charge is 0.328 e. The molecule has 0 aliphatic carbocycles. The summed E-state index contributed by atoms with van der Waals surface area (Å²) in [4.78, 5) is 22.8. The highest BCUT2D eigenvalue weighted by Crippen LogP contribution is 2.24. The SMILES string of the molecule is Cc1cccc(C(=O)NC(=S)Nc2cc(/C=C/C(=O)O)ccc2Br)c1. The van der Waals surface area contributed by atoms with Gasteiger partial charge in [-0.15, -0.1) is 0 Å². The molecule has 25 heavy (non-hydrogen) atoms. The zero-order chi connectivity index (χ0) is 18.4. The van der Waals surface area contributed by atoms with E-state index >= 15 is 0 Å². The van der Waals surface area contributed by atoms with Gasteiger partial charge in [0.1, 0.15) is 0 Å². The van der Waals surface area contributed by atoms with E-state index in [1.54, 1.807) is 36.4 Å². The Bertz CT molecular complexity index is 865. The van der Waals surface area contributed by atoms with Crippen molar-refractivity contribution in [1.29, 1.82) is 0 Å². The fourth-order valence-electron chi connectivity index (χ4n) is 2.03. The number of anilines is 1. The van der Waals surface area contributed by atoms with Gasteiger partial charge in [-0.05, 0) is 71.0 Å². The molecule has 0 spiro atoms. The summed E-state index contributed by atoms with van der Waals surface area (Å²) in [5, 5.41) is 14.4. The molecule has 0 heterocycles. The van der Waals surface area contributed by atoms with Gasteiger partial charge in [-0.3, -0.25) is 10.1 Å². The van der Waals surface area contributed by atoms with Gasteiger partial charge >= 0.3 is 5.97 Å². The van der Waals surface area contributed by atoms with Gasteiger partial charge in [0, 0.05) is 16.1 Å². The molecule has 0 radical (unpaired) electrons. The number of carboxylic acids is 1. The van der Waals surface area contributed by atoms with E-state index in [1.807, 2.05) is 13.0 Å². The fourth-order valence-corrected chi connectivity index (χ4v) is 2.57. The monoisotopic (exact) mass is 418 g/mol. The summed E-state index contributed by atoms with van der Waals surface area (Å²) in [5.41, 5.74) is 2.79. The normalized spacial score (nSPS) is 10.5. The average molecular weight is 419 g/mol. The number of amides is 1. The third kappa shape index (κ3) is 5.81. The first-order valence-electron chi connectivity index (χ1n) is 7.25. The predicted octanol–water partition coefficient (Wildman–Crippen LogP) is 3.98. The molecule has 2 rings (SSSR count). The Morgan fingerprint density at radius 2 is 1.96 bits per heavy atom. The van der Waals surface area contributed by atoms with Gasteiger partial charge in [0.2, 0.25) is 0 Å². The maximum Gasteiger partial charge on any atom is 0.328 e. The fraction of sp³-hybridized carbons (Fsp3) is 0.0556. The van der Waals surface area contributed by atoms with E-state index in [-0.39, 0.29) is 11.0 Å². The Morgan fingerprint density at radius 1 is 1.20 bits per heavy atom. The van der Waals surface area contributed by atoms with Crippen LogP contribution in [-0.2, 0) is 4.79 Å². The molecule has 128 valence electrons. The summed E-state index contributed by atoms with van der Waals surface area (Å²) >= 11 is 8.56. The largest absolute Gasteiger partial charge is 0.478 e. The molecule has 0 bridgehead atoms. The predicted molar refractivity (Wildman–Crippen MR) is 106 cm³/mol. The Kier molecular flexibility index (Phi) is 6.44. The highest BCUT2D eigenvalue weighted by molar-refractivity contribution is 9.10. The third-order valence-electron chi connectivity index (χ3n) is 3.16. The molecule has 1 amide bonds. The molecule has 0 aromatic heterocycles. The summed E-state index contributed by atoms with van der Waals surface area (Å²) in [6, 6.07) is 12.4. The average Bonchev–Trinajstić information content (AvgIpc) is 2.55. The number of hydrogen-bond donors (Lipinski definition) is 3. The first-order valence-corrected chi connectivity index (χ1v) is 8.45. The van der Waals surface area contributed by atoms with Crippen molar-refractivity contribution in [3.63, 3.8) is 0 Å². The molecule has 0 saturated carbocycles. The molecule has 0 atom stereocenters. The van der Waals surface area contributed by atoms with Crippen molar-refractivity contribution in [3.8, 4) is 0 Å². The molecule has 7 heteroatoms. The minimum absolute atomic E-state index is 0.145. The maximum atomic E-state index is 12.2. The van der Waals surface area contributed by atoms with Crippen LogP contribution >= 0.6 is 28.1 Å². The molecule has 5 nitrogen and oxygen atoms in total. The van der Waals surface area contributed by atoms with E-state index in [4.69, 9.17) is 17.3 Å². The Morgan fingerprint density at radius 3 is 2.64 bits per heavy atom. The van der Waals surface area contributed by atoms with Crippen LogP contribution in [0.1, 0.15) is 21.5 Å². The van der Waals surface area contributed by atoms with Crippen LogP contribution in [0.3, 0.4) is 0 Å². The lowest BCUT2D eigenvalue weighted by Crippen LogP contribution is -2.34. The van der Waals surface area contributed by atoms with Crippen molar-refractivity contribution in [2.24, 2.45) is 0 Å². The lowest BCUT2D eigenvalue weighted by Gasteiger charge is -2.12. The summed E-state index contributed by atoms with van der Waals surface area (Å²) in [6.45, 7) is 1.90. The number of halogens is 1. The first kappa shape index (κ1) is 18.8. The van der Waals surface area contributed by atoms with Crippen LogP contribution < -0.4 is 10.6 Å². The molecule has 0 unspecified atom stereocenters. The van der Waals surface area contributed by atoms with Crippen molar-refractivity contribution in [2.45, 2.75) is 6.92 Å². The summed E-state index contributed by atoms with van der Waals surface area (Å²) < 4.78 is 0.729. The minimum atomic E-state index is -1.03. The molecule has 0 aliphatic rings. The second-order valence-corrected chi connectivity index (χ2v) is 6.45. The molecule has 0 aliphatic heterocycles. The van der Waals surface area contributed by atoms with E-state index in [9.17, 15) is 9.59 Å². The molecular weight excluding hydrogens is 404 g/mol. The standard InChI is InChI=1S/C18H15BrN2O3S/c1-11-3-2-4-13(9-11)17(24)21-18(25)20-15-10-12(5-7-14(15)19)6-8-16(22)23/h2-10H,1H3,(H,22,23)(H2,20,21,24,25)/b8-6+. The van der Waals surface area contributed by atoms with Crippen LogP contribution in [0.4, 0.5) is 5.69 Å². The van der Waals surface area contributed by atoms with Crippen LogP contribution in [0.2, 0.25) is 0 Å². The Labute approximate surface area is 158 Å². The van der Waals surface area contributed by atoms with Crippen molar-refractivity contribution in [2.75, 3.05) is 5.32 Å². The van der Waals surface area contributed by atoms with Gasteiger partial charge in [0.15, 0.2) is 5.11 Å². The molecule has 2 aromatic carbocycles. The van der Waals surface area contributed by atoms with E-state index in [2.05, 4.69) is 26.6 Å². The van der Waals surface area contributed by atoms with Crippen molar-refractivity contribution in [1.82, 2.24) is 5.32 Å². The molecule has 0 saturated heterocycles. The van der Waals surface area contributed by atoms with Crippen molar-refractivity contribution in [3.05, 3.63) is 69.7 Å². The number of hydrogen-bond acceptors (Lipinski definition) is 3. The molecule has 0 fully saturated rings. The minimum Gasteiger partial charge on any atom is -0.478 e. The second kappa shape index (κ2) is 8.55. The lowest BCUT2D eigenvalue weighted by molar-refractivity contribution is -0.131. The molecular formula is C18H15BrN2O3S. The van der Waals surface area contributed by atoms with Gasteiger partial charge in [-0.25, -0.2) is 4.79 Å². The van der Waals surface area contributed by atoms with Crippen LogP contribution in [-0.4, -0.2) is 22.1 Å². The third-order valence-corrected chi connectivity index (χ3v) is 4.06. The van der Waals surface area contributed by atoms with E-state index in [1.165, 1.54) is 6.08 Å². The number of nitrogens with one attached hydrogen (secondary N) is 2. The van der Waals surface area contributed by atoms with Gasteiger partial charge in [0.05, 0.1) is 5.69 Å². The summed E-state index contributed by atoms with van der Waals surface area (Å²) in [7, 11) is 0. The lowest BCUT2D eigenvalue weighted by atomic mass is 10.1. The van der Waals surface area contributed by atoms with E-state index in [0.29, 0.717) is 16.8 Å². The number of aliphatic carboxylic acids is 1. The number of benzene rings is 2. The number of rotatable bonds is 4. The number of thiocarbonyl (C=S) groups is 1. The second-order valence-electron chi connectivity index (χ2n) is 5.19. The maximum absolute atomic E-state index is 12.2. The zero-order valence-electron chi connectivity index (χ0n) is 13.2. The van der Waals surface area contributed by atoms with Gasteiger partial charge < -0.3 is 10.4 Å². The van der Waals surface area contributed by atoms with Crippen LogP contribution in [0.15, 0.2) is 53.0 Å². The van der Waals surface area contributed by atoms with E-state index in [0.717, 1.165) is 16.1 Å². The number of carbonyl (C=O) groups excluding carboxylic acids is 1. The van der Waals surface area contributed by atoms with Crippen LogP contribution in [0, 0.1) is 6.92 Å². The van der Waals surface area contributed by atoms with Gasteiger partial charge in [0.25, 0.3) is 5.91 Å². The number of carbonyl (C=O) groups is 2. The topological polar surface area (TPSA) is 78.4 Å². The highest BCUT2D eigenvalue weighted by Gasteiger charge is 2.09. The first-order chi connectivity index (χ1) is 11.8. The van der Waals surface area contributed by atoms with Gasteiger partial charge in [-0.1, -0.05) is 23.8 Å². The van der Waals surface area contributed by atoms with Crippen molar-refractivity contribution < 1.29 is 14.7 Å². The quantitative estimate of drug-likeness (QED) is 0.516. The van der Waals surface area contributed by atoms with Gasteiger partial charge in [-0.2, -0.15) is 0 Å². The van der Waals surface area contributed by atoms with Crippen molar-refractivity contribution >= 4 is 56.9 Å². The van der Waals surface area contributed by atoms with Crippen LogP contribution in [0.25, 0.3) is 6.08 Å². The van der Waals surface area contributed by atoms with E-state index < -0.39 is 5.97 Å². The highest BCUT2D eigenvalue weighted by atomic mass is 79.9. The summed E-state index contributed by atoms with van der Waals surface area (Å²) in [6.07, 6.45) is 2.51. The zero-order valence-corrected chi connectivity index (χ0v) is 15.6. The van der Waals surface area contributed by atoms with Crippen LogP contribution in [0.5, 0.6) is 0 Å². The Hall–Kier alpha value is -2.51. The Balaban J connectivity index is 2.08. The molecule has 2 aromatic rings.